The van der Waals surface area contributed by atoms with E-state index in [0.29, 0.717) is 17.8 Å². The normalized spacial score (nSPS) is 15.1. The molecule has 0 saturated carbocycles. The summed E-state index contributed by atoms with van der Waals surface area (Å²) in [4.78, 5) is 16.8. The predicted octanol–water partition coefficient (Wildman–Crippen LogP) is 2.63. The molecule has 0 aliphatic carbocycles. The van der Waals surface area contributed by atoms with Crippen LogP contribution in [-0.2, 0) is 13.1 Å². The first-order chi connectivity index (χ1) is 13.1. The maximum atomic E-state index is 12.0. The van der Waals surface area contributed by atoms with Crippen molar-refractivity contribution < 1.29 is 4.79 Å². The lowest BCUT2D eigenvalue weighted by Gasteiger charge is -2.32. The first-order valence-electron chi connectivity index (χ1n) is 9.16. The Morgan fingerprint density at radius 3 is 2.48 bits per heavy atom. The number of hydrogen-bond donors (Lipinski definition) is 2. The van der Waals surface area contributed by atoms with E-state index < -0.39 is 0 Å². The smallest absolute Gasteiger partial charge is 0.319 e. The van der Waals surface area contributed by atoms with Gasteiger partial charge in [-0.2, -0.15) is 5.26 Å². The summed E-state index contributed by atoms with van der Waals surface area (Å²) < 4.78 is 0. The average Bonchev–Trinajstić information content (AvgIpc) is 2.69. The number of anilines is 1. The lowest BCUT2D eigenvalue weighted by atomic mass is 10.1. The molecule has 0 radical (unpaired) electrons. The molecular formula is C21H25N5O. The zero-order valence-electron chi connectivity index (χ0n) is 15.6. The Hall–Kier alpha value is -2.88. The van der Waals surface area contributed by atoms with Gasteiger partial charge >= 0.3 is 6.03 Å². The highest BCUT2D eigenvalue weighted by molar-refractivity contribution is 5.89. The maximum absolute atomic E-state index is 12.0. The van der Waals surface area contributed by atoms with Gasteiger partial charge in [-0.15, -0.1) is 0 Å². The van der Waals surface area contributed by atoms with Crippen LogP contribution in [0.4, 0.5) is 10.5 Å². The van der Waals surface area contributed by atoms with E-state index in [1.807, 2.05) is 0 Å². The molecule has 2 N–H and O–H groups in total. The number of nitriles is 1. The molecule has 2 amide bonds. The van der Waals surface area contributed by atoms with Crippen molar-refractivity contribution in [1.29, 1.82) is 5.26 Å². The summed E-state index contributed by atoms with van der Waals surface area (Å²) in [5.41, 5.74) is 3.47. The predicted molar refractivity (Wildman–Crippen MR) is 106 cm³/mol. The van der Waals surface area contributed by atoms with E-state index in [2.05, 4.69) is 57.8 Å². The monoisotopic (exact) mass is 363 g/mol. The maximum Gasteiger partial charge on any atom is 0.319 e. The van der Waals surface area contributed by atoms with E-state index in [1.54, 1.807) is 24.3 Å². The van der Waals surface area contributed by atoms with E-state index >= 15 is 0 Å². The van der Waals surface area contributed by atoms with Crippen molar-refractivity contribution in [3.8, 4) is 6.07 Å². The van der Waals surface area contributed by atoms with Crippen LogP contribution in [0, 0.1) is 11.3 Å². The largest absolute Gasteiger partial charge is 0.334 e. The fourth-order valence-electron chi connectivity index (χ4n) is 3.05. The minimum absolute atomic E-state index is 0.286. The van der Waals surface area contributed by atoms with Gasteiger partial charge < -0.3 is 15.5 Å². The van der Waals surface area contributed by atoms with E-state index in [0.717, 1.165) is 38.3 Å². The molecule has 2 aromatic carbocycles. The Morgan fingerprint density at radius 1 is 1.07 bits per heavy atom. The van der Waals surface area contributed by atoms with Gasteiger partial charge in [0.25, 0.3) is 0 Å². The van der Waals surface area contributed by atoms with Crippen LogP contribution in [0.2, 0.25) is 0 Å². The van der Waals surface area contributed by atoms with Gasteiger partial charge in [-0.05, 0) is 36.4 Å². The van der Waals surface area contributed by atoms with Gasteiger partial charge in [0.1, 0.15) is 0 Å². The lowest BCUT2D eigenvalue weighted by molar-refractivity contribution is 0.148. The SMILES string of the molecule is CN1CCN(Cc2ccc(CNC(=O)Nc3cccc(C#N)c3)cc2)CC1. The second-order valence-corrected chi connectivity index (χ2v) is 6.90. The minimum atomic E-state index is -0.286. The van der Waals surface area contributed by atoms with Crippen LogP contribution < -0.4 is 10.6 Å². The molecule has 140 valence electrons. The molecule has 0 spiro atoms. The molecule has 1 aliphatic heterocycles. The number of nitrogens with one attached hydrogen (secondary N) is 2. The number of likely N-dealkylation sites (N-methyl/N-ethyl adjacent to an activating group) is 1. The van der Waals surface area contributed by atoms with Crippen molar-refractivity contribution in [2.24, 2.45) is 0 Å². The van der Waals surface area contributed by atoms with Crippen molar-refractivity contribution >= 4 is 11.7 Å². The number of benzene rings is 2. The first kappa shape index (κ1) is 18.9. The Morgan fingerprint density at radius 2 is 1.78 bits per heavy atom. The molecule has 1 fully saturated rings. The van der Waals surface area contributed by atoms with Crippen LogP contribution in [-0.4, -0.2) is 49.1 Å². The quantitative estimate of drug-likeness (QED) is 0.857. The van der Waals surface area contributed by atoms with E-state index in [1.165, 1.54) is 5.56 Å². The Balaban J connectivity index is 1.45. The Kier molecular flexibility index (Phi) is 6.42. The molecule has 0 aromatic heterocycles. The van der Waals surface area contributed by atoms with Gasteiger partial charge in [-0.1, -0.05) is 30.3 Å². The topological polar surface area (TPSA) is 71.4 Å². The molecule has 0 atom stereocenters. The second-order valence-electron chi connectivity index (χ2n) is 6.90. The fourth-order valence-corrected chi connectivity index (χ4v) is 3.05. The molecule has 27 heavy (non-hydrogen) atoms. The van der Waals surface area contributed by atoms with Gasteiger partial charge in [0, 0.05) is 45.0 Å². The van der Waals surface area contributed by atoms with Gasteiger partial charge in [0.2, 0.25) is 0 Å². The summed E-state index contributed by atoms with van der Waals surface area (Å²) in [7, 11) is 2.16. The van der Waals surface area contributed by atoms with Crippen molar-refractivity contribution in [2.75, 3.05) is 38.5 Å². The third kappa shape index (κ3) is 5.81. The highest BCUT2D eigenvalue weighted by atomic mass is 16.2. The number of carbonyl (C=O) groups is 1. The van der Waals surface area contributed by atoms with Gasteiger partial charge in [-0.25, -0.2) is 4.79 Å². The summed E-state index contributed by atoms with van der Waals surface area (Å²) in [6.07, 6.45) is 0. The minimum Gasteiger partial charge on any atom is -0.334 e. The van der Waals surface area contributed by atoms with Crippen LogP contribution in [0.3, 0.4) is 0 Å². The number of hydrogen-bond acceptors (Lipinski definition) is 4. The van der Waals surface area contributed by atoms with Crippen LogP contribution in [0.1, 0.15) is 16.7 Å². The third-order valence-corrected chi connectivity index (χ3v) is 4.73. The highest BCUT2D eigenvalue weighted by Crippen LogP contribution is 2.11. The molecule has 1 aliphatic rings. The van der Waals surface area contributed by atoms with Crippen molar-refractivity contribution in [3.05, 3.63) is 65.2 Å². The Labute approximate surface area is 160 Å². The molecular weight excluding hydrogens is 338 g/mol. The number of urea groups is 1. The summed E-state index contributed by atoms with van der Waals surface area (Å²) >= 11 is 0. The molecule has 3 rings (SSSR count). The standard InChI is InChI=1S/C21H25N5O/c1-25-9-11-26(12-10-25)16-18-7-5-17(6-8-18)15-23-21(27)24-20-4-2-3-19(13-20)14-22/h2-8,13H,9-12,15-16H2,1H3,(H2,23,24,27). The summed E-state index contributed by atoms with van der Waals surface area (Å²) in [5.74, 6) is 0. The van der Waals surface area contributed by atoms with E-state index in [-0.39, 0.29) is 6.03 Å². The molecule has 0 unspecified atom stereocenters. The summed E-state index contributed by atoms with van der Waals surface area (Å²) in [5, 5.41) is 14.5. The van der Waals surface area contributed by atoms with Crippen LogP contribution in [0.5, 0.6) is 0 Å². The number of rotatable bonds is 5. The molecule has 6 nitrogen and oxygen atoms in total. The molecule has 6 heteroatoms. The van der Waals surface area contributed by atoms with Gasteiger partial charge in [0.15, 0.2) is 0 Å². The van der Waals surface area contributed by atoms with Crippen LogP contribution in [0.25, 0.3) is 0 Å². The van der Waals surface area contributed by atoms with Crippen LogP contribution in [0.15, 0.2) is 48.5 Å². The highest BCUT2D eigenvalue weighted by Gasteiger charge is 2.13. The molecule has 1 saturated heterocycles. The zero-order chi connectivity index (χ0) is 19.1. The van der Waals surface area contributed by atoms with Crippen molar-refractivity contribution in [2.45, 2.75) is 13.1 Å². The first-order valence-corrected chi connectivity index (χ1v) is 9.16. The summed E-state index contributed by atoms with van der Waals surface area (Å²) in [6, 6.07) is 17.0. The third-order valence-electron chi connectivity index (χ3n) is 4.73. The lowest BCUT2D eigenvalue weighted by Crippen LogP contribution is -2.43. The summed E-state index contributed by atoms with van der Waals surface area (Å²) in [6.45, 7) is 5.87. The molecule has 2 aromatic rings. The van der Waals surface area contributed by atoms with Crippen LogP contribution >= 0.6 is 0 Å². The fraction of sp³-hybridized carbons (Fsp3) is 0.333. The van der Waals surface area contributed by atoms with Gasteiger partial charge in [-0.3, -0.25) is 4.90 Å². The van der Waals surface area contributed by atoms with Crippen molar-refractivity contribution in [1.82, 2.24) is 15.1 Å². The van der Waals surface area contributed by atoms with Gasteiger partial charge in [0.05, 0.1) is 11.6 Å². The van der Waals surface area contributed by atoms with E-state index in [9.17, 15) is 4.79 Å². The second kappa shape index (κ2) is 9.17. The number of nitrogens with zero attached hydrogens (tertiary/aromatic N) is 3. The number of carbonyl (C=O) groups excluding carboxylic acids is 1. The number of piperazine rings is 1. The molecule has 0 bridgehead atoms. The zero-order valence-corrected chi connectivity index (χ0v) is 15.6. The van der Waals surface area contributed by atoms with Crippen molar-refractivity contribution in [3.63, 3.8) is 0 Å². The Bertz CT molecular complexity index is 804. The number of amides is 2. The average molecular weight is 363 g/mol. The van der Waals surface area contributed by atoms with E-state index in [4.69, 9.17) is 5.26 Å². The molecule has 1 heterocycles.